The summed E-state index contributed by atoms with van der Waals surface area (Å²) in [5.41, 5.74) is 0.807. The van der Waals surface area contributed by atoms with E-state index in [1.54, 1.807) is 13.2 Å². The van der Waals surface area contributed by atoms with Crippen LogP contribution in [0.2, 0.25) is 0 Å². The minimum absolute atomic E-state index is 0.0643. The van der Waals surface area contributed by atoms with E-state index in [2.05, 4.69) is 4.74 Å². The Labute approximate surface area is 155 Å². The number of carbonyl (C=O) groups excluding carboxylic acids is 2. The molecule has 0 aliphatic heterocycles. The monoisotopic (exact) mass is 363 g/mol. The van der Waals surface area contributed by atoms with Crippen LogP contribution in [0.15, 0.2) is 24.3 Å². The smallest absolute Gasteiger partial charge is 0.325 e. The molecule has 144 valence electrons. The summed E-state index contributed by atoms with van der Waals surface area (Å²) < 4.78 is 15.6. The van der Waals surface area contributed by atoms with Crippen molar-refractivity contribution < 1.29 is 23.8 Å². The molecule has 1 rings (SSSR count). The van der Waals surface area contributed by atoms with Crippen LogP contribution in [0.25, 0.3) is 6.08 Å². The first-order chi connectivity index (χ1) is 12.5. The first-order valence-corrected chi connectivity index (χ1v) is 8.83. The third-order valence-corrected chi connectivity index (χ3v) is 4.00. The maximum Gasteiger partial charge on any atom is 0.325 e. The van der Waals surface area contributed by atoms with Crippen LogP contribution in [0, 0.1) is 0 Å². The fourth-order valence-electron chi connectivity index (χ4n) is 2.26. The normalized spacial score (nSPS) is 11.9. The fourth-order valence-corrected chi connectivity index (χ4v) is 2.26. The molecule has 6 nitrogen and oxygen atoms in total. The summed E-state index contributed by atoms with van der Waals surface area (Å²) in [6.45, 7) is 6.44. The molecule has 1 unspecified atom stereocenters. The molecule has 1 atom stereocenters. The number of carbonyl (C=O) groups is 2. The van der Waals surface area contributed by atoms with Gasteiger partial charge in [0.1, 0.15) is 6.54 Å². The second-order valence-corrected chi connectivity index (χ2v) is 5.89. The second kappa shape index (κ2) is 11.2. The Bertz CT molecular complexity index is 627. The number of methoxy groups -OCH3 is 2. The van der Waals surface area contributed by atoms with Crippen molar-refractivity contribution in [3.63, 3.8) is 0 Å². The molecule has 1 aromatic carbocycles. The molecule has 0 radical (unpaired) electrons. The van der Waals surface area contributed by atoms with E-state index >= 15 is 0 Å². The number of hydrogen-bond donors (Lipinski definition) is 0. The van der Waals surface area contributed by atoms with Crippen molar-refractivity contribution in [2.75, 3.05) is 27.4 Å². The molecule has 0 spiro atoms. The predicted octanol–water partition coefficient (Wildman–Crippen LogP) is 3.30. The Morgan fingerprint density at radius 2 is 1.92 bits per heavy atom. The van der Waals surface area contributed by atoms with Gasteiger partial charge in [0, 0.05) is 12.1 Å². The molecule has 0 heterocycles. The van der Waals surface area contributed by atoms with E-state index in [-0.39, 0.29) is 18.5 Å². The Balaban J connectivity index is 2.91. The quantitative estimate of drug-likeness (QED) is 0.471. The number of ether oxygens (including phenoxy) is 3. The number of benzene rings is 1. The van der Waals surface area contributed by atoms with E-state index in [0.29, 0.717) is 18.1 Å². The molecule has 1 aromatic rings. The van der Waals surface area contributed by atoms with Crippen LogP contribution >= 0.6 is 0 Å². The summed E-state index contributed by atoms with van der Waals surface area (Å²) in [5, 5.41) is 0. The van der Waals surface area contributed by atoms with Crippen molar-refractivity contribution in [3.05, 3.63) is 29.8 Å². The average Bonchev–Trinajstić information content (AvgIpc) is 2.67. The summed E-state index contributed by atoms with van der Waals surface area (Å²) in [4.78, 5) is 25.6. The SMILES string of the molecule is CCCOc1ccc(C=CC(=O)N(CC(=O)OC)C(C)CC)cc1OC. The van der Waals surface area contributed by atoms with Gasteiger partial charge in [0.05, 0.1) is 20.8 Å². The van der Waals surface area contributed by atoms with Crippen LogP contribution in [-0.2, 0) is 14.3 Å². The van der Waals surface area contributed by atoms with Crippen molar-refractivity contribution in [1.29, 1.82) is 0 Å². The summed E-state index contributed by atoms with van der Waals surface area (Å²) in [6.07, 6.45) is 4.80. The first-order valence-electron chi connectivity index (χ1n) is 8.83. The minimum Gasteiger partial charge on any atom is -0.493 e. The van der Waals surface area contributed by atoms with Crippen LogP contribution < -0.4 is 9.47 Å². The molecule has 0 aromatic heterocycles. The summed E-state index contributed by atoms with van der Waals surface area (Å²) >= 11 is 0. The molecule has 0 bridgehead atoms. The fraction of sp³-hybridized carbons (Fsp3) is 0.500. The van der Waals surface area contributed by atoms with Gasteiger partial charge in [-0.25, -0.2) is 0 Å². The van der Waals surface area contributed by atoms with E-state index in [0.717, 1.165) is 18.4 Å². The Morgan fingerprint density at radius 3 is 2.50 bits per heavy atom. The summed E-state index contributed by atoms with van der Waals surface area (Å²) in [7, 11) is 2.89. The van der Waals surface area contributed by atoms with Crippen LogP contribution in [0.5, 0.6) is 11.5 Å². The lowest BCUT2D eigenvalue weighted by molar-refractivity contribution is -0.146. The van der Waals surface area contributed by atoms with Gasteiger partial charge in [0.2, 0.25) is 5.91 Å². The molecule has 0 aliphatic rings. The number of amides is 1. The molecule has 0 N–H and O–H groups in total. The Morgan fingerprint density at radius 1 is 1.19 bits per heavy atom. The molecule has 0 saturated heterocycles. The molecule has 26 heavy (non-hydrogen) atoms. The van der Waals surface area contributed by atoms with Gasteiger partial charge >= 0.3 is 5.97 Å². The number of rotatable bonds is 10. The maximum atomic E-state index is 12.5. The standard InChI is InChI=1S/C20H29NO5/c1-6-12-26-17-10-8-16(13-18(17)24-4)9-11-19(22)21(15(3)7-2)14-20(23)25-5/h8-11,13,15H,6-7,12,14H2,1-5H3. The molecular weight excluding hydrogens is 334 g/mol. The van der Waals surface area contributed by atoms with Gasteiger partial charge in [0.25, 0.3) is 0 Å². The number of esters is 1. The highest BCUT2D eigenvalue weighted by Gasteiger charge is 2.20. The zero-order valence-electron chi connectivity index (χ0n) is 16.3. The predicted molar refractivity (Wildman–Crippen MR) is 101 cm³/mol. The number of nitrogens with zero attached hydrogens (tertiary/aromatic N) is 1. The van der Waals surface area contributed by atoms with E-state index in [1.807, 2.05) is 39.0 Å². The van der Waals surface area contributed by atoms with Crippen molar-refractivity contribution >= 4 is 18.0 Å². The van der Waals surface area contributed by atoms with Gasteiger partial charge in [-0.1, -0.05) is 19.9 Å². The van der Waals surface area contributed by atoms with Crippen LogP contribution in [0.1, 0.15) is 39.2 Å². The minimum atomic E-state index is -0.439. The molecule has 0 fully saturated rings. The molecule has 1 amide bonds. The highest BCUT2D eigenvalue weighted by atomic mass is 16.5. The van der Waals surface area contributed by atoms with E-state index in [4.69, 9.17) is 9.47 Å². The van der Waals surface area contributed by atoms with E-state index in [9.17, 15) is 9.59 Å². The molecule has 0 aliphatic carbocycles. The lowest BCUT2D eigenvalue weighted by Crippen LogP contribution is -2.41. The van der Waals surface area contributed by atoms with Gasteiger partial charge in [-0.2, -0.15) is 0 Å². The summed E-state index contributed by atoms with van der Waals surface area (Å²) in [5.74, 6) is 0.604. The lowest BCUT2D eigenvalue weighted by Gasteiger charge is -2.26. The van der Waals surface area contributed by atoms with Gasteiger partial charge in [-0.05, 0) is 43.5 Å². The highest BCUT2D eigenvalue weighted by molar-refractivity contribution is 5.94. The van der Waals surface area contributed by atoms with Crippen LogP contribution in [0.3, 0.4) is 0 Å². The Hall–Kier alpha value is -2.50. The third-order valence-electron chi connectivity index (χ3n) is 4.00. The summed E-state index contributed by atoms with van der Waals surface area (Å²) in [6, 6.07) is 5.42. The van der Waals surface area contributed by atoms with Gasteiger partial charge < -0.3 is 19.1 Å². The van der Waals surface area contributed by atoms with Crippen molar-refractivity contribution in [1.82, 2.24) is 4.90 Å². The molecule has 0 saturated carbocycles. The topological polar surface area (TPSA) is 65.1 Å². The van der Waals surface area contributed by atoms with Gasteiger partial charge in [0.15, 0.2) is 11.5 Å². The van der Waals surface area contributed by atoms with Crippen molar-refractivity contribution in [2.45, 2.75) is 39.7 Å². The molecular formula is C20H29NO5. The number of hydrogen-bond acceptors (Lipinski definition) is 5. The average molecular weight is 363 g/mol. The zero-order valence-corrected chi connectivity index (χ0v) is 16.3. The first kappa shape index (κ1) is 21.5. The van der Waals surface area contributed by atoms with E-state index in [1.165, 1.54) is 18.1 Å². The lowest BCUT2D eigenvalue weighted by atomic mass is 10.1. The Kier molecular flexibility index (Phi) is 9.26. The van der Waals surface area contributed by atoms with Crippen LogP contribution in [0.4, 0.5) is 0 Å². The van der Waals surface area contributed by atoms with Crippen molar-refractivity contribution in [3.8, 4) is 11.5 Å². The highest BCUT2D eigenvalue weighted by Crippen LogP contribution is 2.28. The zero-order chi connectivity index (χ0) is 19.5. The largest absolute Gasteiger partial charge is 0.493 e. The van der Waals surface area contributed by atoms with E-state index < -0.39 is 5.97 Å². The third kappa shape index (κ3) is 6.43. The van der Waals surface area contributed by atoms with Crippen LogP contribution in [-0.4, -0.2) is 50.2 Å². The second-order valence-electron chi connectivity index (χ2n) is 5.89. The van der Waals surface area contributed by atoms with Gasteiger partial charge in [-0.15, -0.1) is 0 Å². The molecule has 6 heteroatoms. The van der Waals surface area contributed by atoms with Crippen molar-refractivity contribution in [2.24, 2.45) is 0 Å². The maximum absolute atomic E-state index is 12.5. The van der Waals surface area contributed by atoms with Gasteiger partial charge in [-0.3, -0.25) is 9.59 Å².